The molecule has 20 heavy (non-hydrogen) atoms. The van der Waals surface area contributed by atoms with Crippen LogP contribution in [0.1, 0.15) is 38.6 Å². The average Bonchev–Trinajstić information content (AvgIpc) is 2.86. The Morgan fingerprint density at radius 1 is 1.25 bits per heavy atom. The normalized spacial score (nSPS) is 12.2. The highest BCUT2D eigenvalue weighted by Gasteiger charge is 2.22. The second kappa shape index (κ2) is 5.75. The quantitative estimate of drug-likeness (QED) is 0.824. The Morgan fingerprint density at radius 3 is 2.55 bits per heavy atom. The average molecular weight is 291 g/mol. The van der Waals surface area contributed by atoms with Crippen LogP contribution in [0, 0.1) is 19.7 Å². The van der Waals surface area contributed by atoms with Gasteiger partial charge in [-0.05, 0) is 44.5 Å². The number of aryl methyl sites for hydroxylation is 2. The van der Waals surface area contributed by atoms with Crippen LogP contribution in [-0.2, 0) is 0 Å². The van der Waals surface area contributed by atoms with Gasteiger partial charge in [-0.3, -0.25) is 4.79 Å². The second-order valence-corrected chi connectivity index (χ2v) is 6.30. The summed E-state index contributed by atoms with van der Waals surface area (Å²) in [7, 11) is 1.71. The van der Waals surface area contributed by atoms with Gasteiger partial charge in [0.15, 0.2) is 0 Å². The van der Waals surface area contributed by atoms with Crippen molar-refractivity contribution < 1.29 is 9.18 Å². The Bertz CT molecular complexity index is 635. The summed E-state index contributed by atoms with van der Waals surface area (Å²) in [6, 6.07) is 8.88. The van der Waals surface area contributed by atoms with Crippen molar-refractivity contribution >= 4 is 17.2 Å². The lowest BCUT2D eigenvalue weighted by Gasteiger charge is -2.24. The summed E-state index contributed by atoms with van der Waals surface area (Å²) < 4.78 is 14.0. The van der Waals surface area contributed by atoms with E-state index in [1.807, 2.05) is 26.0 Å². The summed E-state index contributed by atoms with van der Waals surface area (Å²) in [6.45, 7) is 5.65. The maximum Gasteiger partial charge on any atom is 0.257 e. The molecule has 0 saturated carbocycles. The number of nitrogens with zero attached hydrogens (tertiary/aromatic N) is 1. The van der Waals surface area contributed by atoms with Crippen molar-refractivity contribution in [1.29, 1.82) is 0 Å². The van der Waals surface area contributed by atoms with Crippen LogP contribution >= 0.6 is 11.3 Å². The number of carbonyl (C=O) groups is 1. The van der Waals surface area contributed by atoms with Crippen LogP contribution < -0.4 is 0 Å². The molecule has 1 unspecified atom stereocenters. The van der Waals surface area contributed by atoms with E-state index in [1.54, 1.807) is 42.3 Å². The van der Waals surface area contributed by atoms with Crippen molar-refractivity contribution in [1.82, 2.24) is 4.90 Å². The van der Waals surface area contributed by atoms with E-state index in [1.165, 1.54) is 10.9 Å². The number of hydrogen-bond donors (Lipinski definition) is 0. The molecule has 1 aromatic heterocycles. The minimum atomic E-state index is -0.432. The Hall–Kier alpha value is -1.68. The molecule has 2 rings (SSSR count). The molecular weight excluding hydrogens is 273 g/mol. The van der Waals surface area contributed by atoms with Gasteiger partial charge >= 0.3 is 0 Å². The molecule has 0 bridgehead atoms. The highest BCUT2D eigenvalue weighted by Crippen LogP contribution is 2.27. The van der Waals surface area contributed by atoms with Gasteiger partial charge in [0.1, 0.15) is 5.82 Å². The van der Waals surface area contributed by atoms with Gasteiger partial charge < -0.3 is 4.90 Å². The molecule has 1 atom stereocenters. The summed E-state index contributed by atoms with van der Waals surface area (Å²) in [5.74, 6) is -0.719. The monoisotopic (exact) mass is 291 g/mol. The van der Waals surface area contributed by atoms with Gasteiger partial charge in [0, 0.05) is 16.8 Å². The summed E-state index contributed by atoms with van der Waals surface area (Å²) in [4.78, 5) is 16.3. The van der Waals surface area contributed by atoms with E-state index in [0.717, 1.165) is 4.88 Å². The zero-order valence-electron chi connectivity index (χ0n) is 12.1. The Morgan fingerprint density at radius 2 is 1.95 bits per heavy atom. The van der Waals surface area contributed by atoms with E-state index < -0.39 is 5.82 Å². The molecule has 1 aromatic carbocycles. The molecule has 106 valence electrons. The van der Waals surface area contributed by atoms with Gasteiger partial charge in [0.2, 0.25) is 0 Å². The van der Waals surface area contributed by atoms with Crippen molar-refractivity contribution in [2.75, 3.05) is 7.05 Å². The van der Waals surface area contributed by atoms with Crippen LogP contribution in [0.25, 0.3) is 0 Å². The zero-order valence-corrected chi connectivity index (χ0v) is 12.9. The third-order valence-electron chi connectivity index (χ3n) is 3.50. The van der Waals surface area contributed by atoms with E-state index in [2.05, 4.69) is 0 Å². The van der Waals surface area contributed by atoms with Crippen molar-refractivity contribution in [3.05, 3.63) is 57.0 Å². The number of hydrogen-bond acceptors (Lipinski definition) is 2. The maximum atomic E-state index is 14.0. The van der Waals surface area contributed by atoms with Gasteiger partial charge in [-0.1, -0.05) is 12.1 Å². The minimum Gasteiger partial charge on any atom is -0.334 e. The van der Waals surface area contributed by atoms with E-state index in [0.29, 0.717) is 5.56 Å². The molecule has 0 radical (unpaired) electrons. The fourth-order valence-electron chi connectivity index (χ4n) is 2.05. The fourth-order valence-corrected chi connectivity index (χ4v) is 3.02. The van der Waals surface area contributed by atoms with Crippen molar-refractivity contribution in [3.8, 4) is 0 Å². The first-order valence-corrected chi connectivity index (χ1v) is 7.32. The Kier molecular flexibility index (Phi) is 4.23. The molecule has 0 aliphatic heterocycles. The molecule has 4 heteroatoms. The molecule has 0 saturated heterocycles. The summed E-state index contributed by atoms with van der Waals surface area (Å²) >= 11 is 1.66. The molecule has 1 amide bonds. The van der Waals surface area contributed by atoms with Gasteiger partial charge in [-0.25, -0.2) is 4.39 Å². The Balaban J connectivity index is 2.26. The molecule has 0 N–H and O–H groups in total. The van der Waals surface area contributed by atoms with E-state index in [-0.39, 0.29) is 17.5 Å². The van der Waals surface area contributed by atoms with Crippen molar-refractivity contribution in [3.63, 3.8) is 0 Å². The van der Waals surface area contributed by atoms with Crippen LogP contribution in [-0.4, -0.2) is 17.9 Å². The molecule has 1 heterocycles. The maximum absolute atomic E-state index is 14.0. The number of benzene rings is 1. The molecule has 0 aliphatic carbocycles. The smallest absolute Gasteiger partial charge is 0.257 e. The van der Waals surface area contributed by atoms with Gasteiger partial charge in [0.05, 0.1) is 11.6 Å². The predicted molar refractivity (Wildman–Crippen MR) is 80.7 cm³/mol. The van der Waals surface area contributed by atoms with Crippen LogP contribution in [0.15, 0.2) is 30.3 Å². The third-order valence-corrected chi connectivity index (χ3v) is 4.67. The first-order chi connectivity index (χ1) is 9.41. The van der Waals surface area contributed by atoms with Crippen LogP contribution in [0.4, 0.5) is 4.39 Å². The van der Waals surface area contributed by atoms with Gasteiger partial charge in [-0.15, -0.1) is 11.3 Å². The second-order valence-electron chi connectivity index (χ2n) is 4.98. The van der Waals surface area contributed by atoms with Gasteiger partial charge in [-0.2, -0.15) is 0 Å². The van der Waals surface area contributed by atoms with Crippen LogP contribution in [0.2, 0.25) is 0 Å². The number of rotatable bonds is 3. The molecule has 0 spiro atoms. The van der Waals surface area contributed by atoms with E-state index in [4.69, 9.17) is 0 Å². The standard InChI is InChI=1S/C16H18FNOS/c1-10-6-5-7-13(15(10)17)16(19)18(4)12(3)14-9-8-11(2)20-14/h5-9,12H,1-4H3. The zero-order chi connectivity index (χ0) is 14.9. The molecule has 0 aliphatic rings. The fraction of sp³-hybridized carbons (Fsp3) is 0.312. The van der Waals surface area contributed by atoms with Crippen LogP contribution in [0.5, 0.6) is 0 Å². The first kappa shape index (κ1) is 14.7. The summed E-state index contributed by atoms with van der Waals surface area (Å²) in [5, 5.41) is 0. The lowest BCUT2D eigenvalue weighted by molar-refractivity contribution is 0.0740. The highest BCUT2D eigenvalue weighted by molar-refractivity contribution is 7.12. The summed E-state index contributed by atoms with van der Waals surface area (Å²) in [6.07, 6.45) is 0. The number of carbonyl (C=O) groups excluding carboxylic acids is 1. The van der Waals surface area contributed by atoms with Gasteiger partial charge in [0.25, 0.3) is 5.91 Å². The van der Waals surface area contributed by atoms with Crippen molar-refractivity contribution in [2.45, 2.75) is 26.8 Å². The third kappa shape index (κ3) is 2.75. The molecule has 2 nitrogen and oxygen atoms in total. The van der Waals surface area contributed by atoms with Crippen LogP contribution in [0.3, 0.4) is 0 Å². The lowest BCUT2D eigenvalue weighted by Crippen LogP contribution is -2.30. The first-order valence-electron chi connectivity index (χ1n) is 6.50. The molecule has 0 fully saturated rings. The molecular formula is C16H18FNOS. The SMILES string of the molecule is Cc1ccc(C(C)N(C)C(=O)c2cccc(C)c2F)s1. The number of halogens is 1. The predicted octanol–water partition coefficient (Wildman–Crippen LogP) is 4.34. The minimum absolute atomic E-state index is 0.0684. The summed E-state index contributed by atoms with van der Waals surface area (Å²) in [5.41, 5.74) is 0.622. The highest BCUT2D eigenvalue weighted by atomic mass is 32.1. The van der Waals surface area contributed by atoms with Crippen molar-refractivity contribution in [2.24, 2.45) is 0 Å². The topological polar surface area (TPSA) is 20.3 Å². The Labute approximate surface area is 122 Å². The lowest BCUT2D eigenvalue weighted by atomic mass is 10.1. The van der Waals surface area contributed by atoms with E-state index >= 15 is 0 Å². The largest absolute Gasteiger partial charge is 0.334 e. The van der Waals surface area contributed by atoms with E-state index in [9.17, 15) is 9.18 Å². The molecule has 2 aromatic rings. The number of thiophene rings is 1. The number of amides is 1.